The average Bonchev–Trinajstić information content (AvgIpc) is 2.34. The van der Waals surface area contributed by atoms with Crippen molar-refractivity contribution >= 4 is 11.6 Å². The molecule has 2 rings (SSSR count). The van der Waals surface area contributed by atoms with Crippen LogP contribution >= 0.6 is 0 Å². The van der Waals surface area contributed by atoms with E-state index in [9.17, 15) is 9.18 Å². The molecule has 1 aliphatic heterocycles. The Labute approximate surface area is 99.2 Å². The van der Waals surface area contributed by atoms with Gasteiger partial charge < -0.3 is 15.4 Å². The number of carbonyl (C=O) groups is 1. The van der Waals surface area contributed by atoms with E-state index in [-0.39, 0.29) is 11.6 Å². The van der Waals surface area contributed by atoms with Crippen molar-refractivity contribution in [2.45, 2.75) is 13.0 Å². The van der Waals surface area contributed by atoms with Crippen LogP contribution in [0.25, 0.3) is 0 Å². The topological polar surface area (TPSA) is 50.4 Å². The minimum atomic E-state index is -0.421. The van der Waals surface area contributed by atoms with E-state index in [4.69, 9.17) is 4.74 Å². The molecule has 1 aliphatic rings. The van der Waals surface area contributed by atoms with Gasteiger partial charge in [0, 0.05) is 6.54 Å². The number of hydrogen-bond donors (Lipinski definition) is 2. The summed E-state index contributed by atoms with van der Waals surface area (Å²) >= 11 is 0. The molecule has 0 aromatic heterocycles. The lowest BCUT2D eigenvalue weighted by atomic mass is 10.2. The van der Waals surface area contributed by atoms with Gasteiger partial charge in [0.05, 0.1) is 18.9 Å². The van der Waals surface area contributed by atoms with Crippen LogP contribution in [0.5, 0.6) is 0 Å². The highest BCUT2D eigenvalue weighted by Gasteiger charge is 2.21. The van der Waals surface area contributed by atoms with E-state index in [1.165, 1.54) is 6.07 Å². The van der Waals surface area contributed by atoms with Crippen molar-refractivity contribution < 1.29 is 13.9 Å². The summed E-state index contributed by atoms with van der Waals surface area (Å²) in [6.07, 6.45) is 0. The van der Waals surface area contributed by atoms with Gasteiger partial charge in [-0.15, -0.1) is 0 Å². The number of amides is 1. The van der Waals surface area contributed by atoms with Crippen LogP contribution in [-0.2, 0) is 9.53 Å². The molecule has 1 aromatic carbocycles. The minimum absolute atomic E-state index is 0.202. The number of nitrogens with one attached hydrogen (secondary N) is 2. The zero-order valence-corrected chi connectivity index (χ0v) is 9.63. The van der Waals surface area contributed by atoms with Gasteiger partial charge in [-0.3, -0.25) is 4.79 Å². The molecular formula is C12H15FN2O2. The maximum Gasteiger partial charge on any atom is 0.243 e. The summed E-state index contributed by atoms with van der Waals surface area (Å²) in [7, 11) is 0. The molecule has 0 aliphatic carbocycles. The number of halogens is 1. The van der Waals surface area contributed by atoms with Gasteiger partial charge in [-0.1, -0.05) is 6.07 Å². The number of anilines is 1. The van der Waals surface area contributed by atoms with Crippen molar-refractivity contribution in [1.29, 1.82) is 0 Å². The van der Waals surface area contributed by atoms with Gasteiger partial charge in [0.15, 0.2) is 0 Å². The summed E-state index contributed by atoms with van der Waals surface area (Å²) in [5.74, 6) is -0.692. The fourth-order valence-electron chi connectivity index (χ4n) is 1.68. The lowest BCUT2D eigenvalue weighted by Gasteiger charge is -2.23. The highest BCUT2D eigenvalue weighted by atomic mass is 19.1. The van der Waals surface area contributed by atoms with Crippen LogP contribution in [0.1, 0.15) is 5.56 Å². The predicted octanol–water partition coefficient (Wildman–Crippen LogP) is 1.06. The molecule has 4 nitrogen and oxygen atoms in total. The quantitative estimate of drug-likeness (QED) is 0.810. The second kappa shape index (κ2) is 5.25. The molecule has 0 bridgehead atoms. The summed E-state index contributed by atoms with van der Waals surface area (Å²) in [6.45, 7) is 3.35. The number of morpholine rings is 1. The van der Waals surface area contributed by atoms with E-state index in [2.05, 4.69) is 10.6 Å². The second-order valence-corrected chi connectivity index (χ2v) is 4.05. The molecule has 1 amide bonds. The van der Waals surface area contributed by atoms with Gasteiger partial charge in [0.2, 0.25) is 5.91 Å². The molecule has 0 saturated carbocycles. The predicted molar refractivity (Wildman–Crippen MR) is 62.4 cm³/mol. The number of aryl methyl sites for hydroxylation is 1. The zero-order chi connectivity index (χ0) is 12.3. The summed E-state index contributed by atoms with van der Waals surface area (Å²) in [5.41, 5.74) is 1.02. The summed E-state index contributed by atoms with van der Waals surface area (Å²) in [6, 6.07) is 4.29. The molecule has 1 fully saturated rings. The fourth-order valence-corrected chi connectivity index (χ4v) is 1.68. The van der Waals surface area contributed by atoms with Crippen molar-refractivity contribution in [2.24, 2.45) is 0 Å². The third kappa shape index (κ3) is 3.01. The lowest BCUT2D eigenvalue weighted by molar-refractivity contribution is -0.120. The van der Waals surface area contributed by atoms with E-state index in [0.29, 0.717) is 19.8 Å². The fraction of sp³-hybridized carbons (Fsp3) is 0.417. The normalized spacial score (nSPS) is 20.0. The Kier molecular flexibility index (Phi) is 3.71. The van der Waals surface area contributed by atoms with Crippen LogP contribution in [0, 0.1) is 12.7 Å². The van der Waals surface area contributed by atoms with E-state index in [1.807, 2.05) is 0 Å². The Hall–Kier alpha value is -1.46. The first-order chi connectivity index (χ1) is 8.16. The van der Waals surface area contributed by atoms with Crippen LogP contribution in [0.15, 0.2) is 18.2 Å². The summed E-state index contributed by atoms with van der Waals surface area (Å²) in [5, 5.41) is 5.56. The van der Waals surface area contributed by atoms with Crippen molar-refractivity contribution in [3.8, 4) is 0 Å². The molecule has 1 unspecified atom stereocenters. The lowest BCUT2D eigenvalue weighted by Crippen LogP contribution is -2.48. The molecule has 1 saturated heterocycles. The molecule has 1 aromatic rings. The van der Waals surface area contributed by atoms with Crippen molar-refractivity contribution in [3.05, 3.63) is 29.6 Å². The Balaban J connectivity index is 2.02. The first-order valence-corrected chi connectivity index (χ1v) is 5.55. The van der Waals surface area contributed by atoms with Crippen molar-refractivity contribution in [1.82, 2.24) is 5.32 Å². The van der Waals surface area contributed by atoms with Crippen LogP contribution in [0.4, 0.5) is 10.1 Å². The Bertz CT molecular complexity index is 417. The van der Waals surface area contributed by atoms with Crippen LogP contribution in [0.3, 0.4) is 0 Å². The summed E-state index contributed by atoms with van der Waals surface area (Å²) in [4.78, 5) is 11.8. The minimum Gasteiger partial charge on any atom is -0.378 e. The van der Waals surface area contributed by atoms with E-state index in [1.54, 1.807) is 19.1 Å². The first-order valence-electron chi connectivity index (χ1n) is 5.55. The molecule has 92 valence electrons. The van der Waals surface area contributed by atoms with Gasteiger partial charge in [0.25, 0.3) is 0 Å². The highest BCUT2D eigenvalue weighted by Crippen LogP contribution is 2.15. The van der Waals surface area contributed by atoms with Gasteiger partial charge in [0.1, 0.15) is 11.9 Å². The van der Waals surface area contributed by atoms with Crippen LogP contribution in [0.2, 0.25) is 0 Å². The van der Waals surface area contributed by atoms with Crippen molar-refractivity contribution in [2.75, 3.05) is 25.1 Å². The molecule has 2 N–H and O–H groups in total. The first kappa shape index (κ1) is 12.0. The van der Waals surface area contributed by atoms with Gasteiger partial charge in [-0.05, 0) is 24.6 Å². The third-order valence-corrected chi connectivity index (χ3v) is 2.62. The van der Waals surface area contributed by atoms with Crippen LogP contribution < -0.4 is 10.6 Å². The van der Waals surface area contributed by atoms with Gasteiger partial charge in [-0.2, -0.15) is 0 Å². The maximum atomic E-state index is 13.5. The Morgan fingerprint density at radius 3 is 3.06 bits per heavy atom. The number of hydrogen-bond acceptors (Lipinski definition) is 3. The molecule has 1 atom stereocenters. The van der Waals surface area contributed by atoms with Crippen molar-refractivity contribution in [3.63, 3.8) is 0 Å². The van der Waals surface area contributed by atoms with Gasteiger partial charge >= 0.3 is 0 Å². The molecule has 1 heterocycles. The number of benzene rings is 1. The Morgan fingerprint density at radius 2 is 2.41 bits per heavy atom. The third-order valence-electron chi connectivity index (χ3n) is 2.62. The zero-order valence-electron chi connectivity index (χ0n) is 9.63. The Morgan fingerprint density at radius 1 is 1.59 bits per heavy atom. The highest BCUT2D eigenvalue weighted by molar-refractivity contribution is 5.95. The van der Waals surface area contributed by atoms with Crippen LogP contribution in [-0.4, -0.2) is 31.7 Å². The monoisotopic (exact) mass is 238 g/mol. The maximum absolute atomic E-state index is 13.5. The molecular weight excluding hydrogens is 223 g/mol. The van der Waals surface area contributed by atoms with E-state index >= 15 is 0 Å². The molecule has 17 heavy (non-hydrogen) atoms. The largest absolute Gasteiger partial charge is 0.378 e. The molecule has 0 radical (unpaired) electrons. The van der Waals surface area contributed by atoms with E-state index in [0.717, 1.165) is 5.56 Å². The number of rotatable bonds is 2. The average molecular weight is 238 g/mol. The summed E-state index contributed by atoms with van der Waals surface area (Å²) < 4.78 is 18.7. The number of carbonyl (C=O) groups excluding carboxylic acids is 1. The standard InChI is InChI=1S/C12H15FN2O2/c1-8-2-3-10(9(13)6-8)15-12(16)11-7-17-5-4-14-11/h2-3,6,11,14H,4-5,7H2,1H3,(H,15,16). The van der Waals surface area contributed by atoms with E-state index < -0.39 is 11.9 Å². The smallest absolute Gasteiger partial charge is 0.243 e. The second-order valence-electron chi connectivity index (χ2n) is 4.05. The number of ether oxygens (including phenoxy) is 1. The van der Waals surface area contributed by atoms with Gasteiger partial charge in [-0.25, -0.2) is 4.39 Å². The molecule has 5 heteroatoms. The molecule has 0 spiro atoms. The SMILES string of the molecule is Cc1ccc(NC(=O)C2COCCN2)c(F)c1.